The van der Waals surface area contributed by atoms with Gasteiger partial charge in [0.1, 0.15) is 28.9 Å². The van der Waals surface area contributed by atoms with E-state index in [4.69, 9.17) is 21.3 Å². The summed E-state index contributed by atoms with van der Waals surface area (Å²) in [6, 6.07) is 11.9. The molecular formula is C24H24ClFN6O2. The number of hydrogen-bond acceptors (Lipinski definition) is 6. The Kier molecular flexibility index (Phi) is 5.75. The number of ether oxygens (including phenoxy) is 1. The van der Waals surface area contributed by atoms with Gasteiger partial charge in [-0.3, -0.25) is 0 Å². The third-order valence-corrected chi connectivity index (χ3v) is 6.25. The number of hydrogen-bond donors (Lipinski definition) is 2. The molecule has 0 bridgehead atoms. The molecule has 0 aliphatic carbocycles. The van der Waals surface area contributed by atoms with Gasteiger partial charge in [0.25, 0.3) is 0 Å². The van der Waals surface area contributed by atoms with Gasteiger partial charge in [0, 0.05) is 30.4 Å². The Morgan fingerprint density at radius 2 is 2.03 bits per heavy atom. The smallest absolute Gasteiger partial charge is 0.246 e. The highest BCUT2D eigenvalue weighted by Crippen LogP contribution is 2.37. The van der Waals surface area contributed by atoms with Crippen molar-refractivity contribution in [3.63, 3.8) is 0 Å². The molecule has 0 saturated carbocycles. The van der Waals surface area contributed by atoms with Gasteiger partial charge >= 0.3 is 0 Å². The molecule has 2 atom stereocenters. The van der Waals surface area contributed by atoms with E-state index in [9.17, 15) is 9.50 Å². The molecule has 176 valence electrons. The number of aromatic nitrogens is 5. The molecule has 0 radical (unpaired) electrons. The molecule has 0 amide bonds. The fourth-order valence-electron chi connectivity index (χ4n) is 4.30. The van der Waals surface area contributed by atoms with Crippen molar-refractivity contribution in [1.29, 1.82) is 0 Å². The predicted molar refractivity (Wildman–Crippen MR) is 127 cm³/mol. The van der Waals surface area contributed by atoms with E-state index in [2.05, 4.69) is 15.4 Å². The number of imidazole rings is 1. The highest BCUT2D eigenvalue weighted by molar-refractivity contribution is 6.29. The van der Waals surface area contributed by atoms with Crippen LogP contribution in [0, 0.1) is 5.82 Å². The Labute approximate surface area is 201 Å². The Bertz CT molecular complexity index is 1320. The lowest BCUT2D eigenvalue weighted by atomic mass is 9.86. The van der Waals surface area contributed by atoms with Crippen LogP contribution in [-0.2, 0) is 6.54 Å². The molecule has 10 heteroatoms. The molecule has 2 aromatic carbocycles. The van der Waals surface area contributed by atoms with Crippen LogP contribution >= 0.6 is 11.6 Å². The molecule has 0 saturated heterocycles. The number of aryl methyl sites for hydroxylation is 1. The van der Waals surface area contributed by atoms with Crippen LogP contribution in [0.4, 0.5) is 16.0 Å². The predicted octanol–water partition coefficient (Wildman–Crippen LogP) is 4.69. The van der Waals surface area contributed by atoms with Crippen LogP contribution in [0.5, 0.6) is 5.75 Å². The van der Waals surface area contributed by atoms with Crippen molar-refractivity contribution in [2.75, 3.05) is 12.4 Å². The van der Waals surface area contributed by atoms with Gasteiger partial charge in [-0.05, 0) is 49.6 Å². The molecule has 2 N–H and O–H groups in total. The van der Waals surface area contributed by atoms with Crippen LogP contribution in [-0.4, -0.2) is 42.1 Å². The number of nitrogens with one attached hydrogen (secondary N) is 1. The van der Waals surface area contributed by atoms with E-state index in [0.29, 0.717) is 36.2 Å². The van der Waals surface area contributed by atoms with E-state index in [1.165, 1.54) is 12.1 Å². The SMILES string of the molecule is COc1cc(Nc2nc3n(n2)CC[C@@](C)(O)C[C@@H]3c2ccc(F)cc2)ccc1-n1cnc(Cl)c1. The second-order valence-electron chi connectivity index (χ2n) is 8.69. The second-order valence-corrected chi connectivity index (χ2v) is 9.07. The maximum absolute atomic E-state index is 13.5. The normalized spacial score (nSPS) is 20.0. The molecular weight excluding hydrogens is 459 g/mol. The maximum atomic E-state index is 13.5. The van der Waals surface area contributed by atoms with Crippen molar-refractivity contribution in [2.24, 2.45) is 0 Å². The van der Waals surface area contributed by atoms with E-state index in [-0.39, 0.29) is 11.7 Å². The van der Waals surface area contributed by atoms with Gasteiger partial charge in [0.15, 0.2) is 0 Å². The average molecular weight is 483 g/mol. The van der Waals surface area contributed by atoms with Crippen molar-refractivity contribution in [3.8, 4) is 11.4 Å². The minimum Gasteiger partial charge on any atom is -0.494 e. The van der Waals surface area contributed by atoms with Crippen LogP contribution in [0.15, 0.2) is 55.0 Å². The summed E-state index contributed by atoms with van der Waals surface area (Å²) in [5.74, 6) is 1.26. The number of anilines is 2. The third kappa shape index (κ3) is 4.49. The van der Waals surface area contributed by atoms with Crippen molar-refractivity contribution in [1.82, 2.24) is 24.3 Å². The first-order chi connectivity index (χ1) is 16.3. The number of aliphatic hydroxyl groups is 1. The van der Waals surface area contributed by atoms with Gasteiger partial charge < -0.3 is 19.7 Å². The topological polar surface area (TPSA) is 90.0 Å². The Hall–Kier alpha value is -3.43. The summed E-state index contributed by atoms with van der Waals surface area (Å²) in [5, 5.41) is 19.1. The molecule has 8 nitrogen and oxygen atoms in total. The van der Waals surface area contributed by atoms with Crippen molar-refractivity contribution < 1.29 is 14.2 Å². The fourth-order valence-corrected chi connectivity index (χ4v) is 4.45. The van der Waals surface area contributed by atoms with Gasteiger partial charge in [0.2, 0.25) is 5.95 Å². The number of benzene rings is 2. The standard InChI is InChI=1S/C24H24ClFN6O2/c1-24(33)9-10-32-22(18(12-24)15-3-5-16(26)6-4-15)29-23(30-32)28-17-7-8-19(20(11-17)34-2)31-13-21(25)27-14-31/h3-8,11,13-14,18,33H,9-10,12H2,1-2H3,(H,28,30)/t18-,24-/m1/s1. The van der Waals surface area contributed by atoms with E-state index in [1.807, 2.05) is 29.8 Å². The zero-order valence-corrected chi connectivity index (χ0v) is 19.5. The Balaban J connectivity index is 1.46. The second kappa shape index (κ2) is 8.73. The van der Waals surface area contributed by atoms with Gasteiger partial charge in [0.05, 0.1) is 18.4 Å². The van der Waals surface area contributed by atoms with Crippen LogP contribution < -0.4 is 10.1 Å². The summed E-state index contributed by atoms with van der Waals surface area (Å²) >= 11 is 5.95. The fraction of sp³-hybridized carbons (Fsp3) is 0.292. The minimum absolute atomic E-state index is 0.218. The third-order valence-electron chi connectivity index (χ3n) is 6.06. The number of nitrogens with zero attached hydrogens (tertiary/aromatic N) is 5. The molecule has 5 rings (SSSR count). The van der Waals surface area contributed by atoms with E-state index in [1.54, 1.807) is 36.3 Å². The largest absolute Gasteiger partial charge is 0.494 e. The number of rotatable bonds is 5. The number of halogens is 2. The lowest BCUT2D eigenvalue weighted by molar-refractivity contribution is 0.0384. The summed E-state index contributed by atoms with van der Waals surface area (Å²) < 4.78 is 22.7. The molecule has 1 aliphatic heterocycles. The van der Waals surface area contributed by atoms with Crippen molar-refractivity contribution >= 4 is 23.2 Å². The lowest BCUT2D eigenvalue weighted by Crippen LogP contribution is -2.26. The van der Waals surface area contributed by atoms with Crippen LogP contribution in [0.1, 0.15) is 37.1 Å². The molecule has 1 aliphatic rings. The highest BCUT2D eigenvalue weighted by atomic mass is 35.5. The lowest BCUT2D eigenvalue weighted by Gasteiger charge is -2.24. The molecule has 0 fully saturated rings. The first kappa shape index (κ1) is 22.4. The van der Waals surface area contributed by atoms with E-state index >= 15 is 0 Å². The van der Waals surface area contributed by atoms with E-state index in [0.717, 1.165) is 22.8 Å². The van der Waals surface area contributed by atoms with Crippen LogP contribution in [0.2, 0.25) is 5.15 Å². The first-order valence-electron chi connectivity index (χ1n) is 10.9. The molecule has 34 heavy (non-hydrogen) atoms. The Morgan fingerprint density at radius 3 is 2.74 bits per heavy atom. The van der Waals surface area contributed by atoms with Crippen molar-refractivity contribution in [2.45, 2.75) is 37.8 Å². The van der Waals surface area contributed by atoms with Gasteiger partial charge in [-0.25, -0.2) is 14.1 Å². The monoisotopic (exact) mass is 482 g/mol. The molecule has 0 spiro atoms. The Morgan fingerprint density at radius 1 is 1.24 bits per heavy atom. The zero-order chi connectivity index (χ0) is 23.9. The first-order valence-corrected chi connectivity index (χ1v) is 11.3. The summed E-state index contributed by atoms with van der Waals surface area (Å²) in [5.41, 5.74) is 1.54. The van der Waals surface area contributed by atoms with Crippen molar-refractivity contribution in [3.05, 3.63) is 77.3 Å². The minimum atomic E-state index is -0.881. The summed E-state index contributed by atoms with van der Waals surface area (Å²) in [4.78, 5) is 8.80. The molecule has 2 aromatic heterocycles. The highest BCUT2D eigenvalue weighted by Gasteiger charge is 2.34. The van der Waals surface area contributed by atoms with Gasteiger partial charge in [-0.2, -0.15) is 4.98 Å². The van der Waals surface area contributed by atoms with Gasteiger partial charge in [-0.1, -0.05) is 23.7 Å². The molecule has 4 aromatic rings. The number of fused-ring (bicyclic) bond motifs is 1. The van der Waals surface area contributed by atoms with E-state index < -0.39 is 5.60 Å². The summed E-state index contributed by atoms with van der Waals surface area (Å²) in [7, 11) is 1.59. The number of methoxy groups -OCH3 is 1. The van der Waals surface area contributed by atoms with Gasteiger partial charge in [-0.15, -0.1) is 5.10 Å². The maximum Gasteiger partial charge on any atom is 0.246 e. The zero-order valence-electron chi connectivity index (χ0n) is 18.7. The van der Waals surface area contributed by atoms with Crippen LogP contribution in [0.3, 0.4) is 0 Å². The van der Waals surface area contributed by atoms with Crippen LogP contribution in [0.25, 0.3) is 5.69 Å². The molecule has 0 unspecified atom stereocenters. The quantitative estimate of drug-likeness (QED) is 0.429. The summed E-state index contributed by atoms with van der Waals surface area (Å²) in [6.07, 6.45) is 4.32. The summed E-state index contributed by atoms with van der Waals surface area (Å²) in [6.45, 7) is 2.34. The molecule has 3 heterocycles. The average Bonchev–Trinajstić information content (AvgIpc) is 3.40.